The van der Waals surface area contributed by atoms with Crippen molar-refractivity contribution in [3.8, 4) is 0 Å². The van der Waals surface area contributed by atoms with Crippen LogP contribution in [0.25, 0.3) is 0 Å². The molecule has 1 aromatic carbocycles. The van der Waals surface area contributed by atoms with Crippen molar-refractivity contribution in [3.63, 3.8) is 0 Å². The molecule has 0 aliphatic heterocycles. The molecule has 82 valence electrons. The van der Waals surface area contributed by atoms with Crippen LogP contribution in [0.3, 0.4) is 0 Å². The van der Waals surface area contributed by atoms with Gasteiger partial charge in [-0.2, -0.15) is 0 Å². The highest BCUT2D eigenvalue weighted by molar-refractivity contribution is 6.31. The predicted molar refractivity (Wildman–Crippen MR) is 56.5 cm³/mol. The molecule has 4 heteroatoms. The van der Waals surface area contributed by atoms with Crippen LogP contribution in [0.4, 0.5) is 4.39 Å². The number of halogens is 2. The molecule has 0 aliphatic carbocycles. The molecule has 2 nitrogen and oxygen atoms in total. The molecular weight excluding hydrogens is 219 g/mol. The molecule has 0 unspecified atom stereocenters. The van der Waals surface area contributed by atoms with Crippen LogP contribution in [-0.4, -0.2) is 12.6 Å². The number of esters is 1. The van der Waals surface area contributed by atoms with E-state index in [4.69, 9.17) is 16.3 Å². The van der Waals surface area contributed by atoms with E-state index in [9.17, 15) is 9.18 Å². The summed E-state index contributed by atoms with van der Waals surface area (Å²) < 4.78 is 18.3. The number of carbonyl (C=O) groups excluding carboxylic acids is 1. The Morgan fingerprint density at radius 1 is 1.53 bits per heavy atom. The maximum Gasteiger partial charge on any atom is 0.310 e. The van der Waals surface area contributed by atoms with Gasteiger partial charge in [0.15, 0.2) is 0 Å². The largest absolute Gasteiger partial charge is 0.466 e. The Hall–Kier alpha value is -1.09. The Morgan fingerprint density at radius 3 is 2.80 bits per heavy atom. The lowest BCUT2D eigenvalue weighted by molar-refractivity contribution is -0.142. The van der Waals surface area contributed by atoms with Gasteiger partial charge >= 0.3 is 5.97 Å². The van der Waals surface area contributed by atoms with E-state index in [1.807, 2.05) is 0 Å². The van der Waals surface area contributed by atoms with E-state index < -0.39 is 11.8 Å². The smallest absolute Gasteiger partial charge is 0.310 e. The summed E-state index contributed by atoms with van der Waals surface area (Å²) in [5.41, 5.74) is 0.675. The zero-order chi connectivity index (χ0) is 11.4. The van der Waals surface area contributed by atoms with Gasteiger partial charge in [-0.05, 0) is 25.5 Å². The van der Waals surface area contributed by atoms with Gasteiger partial charge in [-0.3, -0.25) is 4.79 Å². The number of rotatable bonds is 3. The summed E-state index contributed by atoms with van der Waals surface area (Å²) in [6.07, 6.45) is -0.0579. The molecule has 0 saturated heterocycles. The van der Waals surface area contributed by atoms with Crippen molar-refractivity contribution in [3.05, 3.63) is 34.1 Å². The van der Waals surface area contributed by atoms with Gasteiger partial charge in [0.25, 0.3) is 0 Å². The normalized spacial score (nSPS) is 10.1. The number of hydrogen-bond donors (Lipinski definition) is 0. The highest BCUT2D eigenvalue weighted by atomic mass is 35.5. The molecule has 0 fully saturated rings. The number of benzene rings is 1. The third kappa shape index (κ3) is 2.93. The summed E-state index contributed by atoms with van der Waals surface area (Å²) in [6.45, 7) is 3.58. The van der Waals surface area contributed by atoms with Crippen molar-refractivity contribution < 1.29 is 13.9 Å². The lowest BCUT2D eigenvalue weighted by Crippen LogP contribution is -2.09. The van der Waals surface area contributed by atoms with Gasteiger partial charge in [-0.1, -0.05) is 17.7 Å². The molecule has 1 rings (SSSR count). The Labute approximate surface area is 93.0 Å². The number of ether oxygens (including phenoxy) is 1. The average molecular weight is 231 g/mol. The molecular formula is C11H12ClFO2. The first-order chi connectivity index (χ1) is 7.06. The second kappa shape index (κ2) is 5.12. The molecule has 1 aromatic rings. The minimum atomic E-state index is -0.435. The van der Waals surface area contributed by atoms with Crippen molar-refractivity contribution >= 4 is 17.6 Å². The van der Waals surface area contributed by atoms with Crippen LogP contribution >= 0.6 is 11.6 Å². The molecule has 0 saturated carbocycles. The van der Waals surface area contributed by atoms with Gasteiger partial charge in [-0.25, -0.2) is 4.39 Å². The number of carbonyl (C=O) groups is 1. The van der Waals surface area contributed by atoms with Gasteiger partial charge in [0.05, 0.1) is 13.0 Å². The van der Waals surface area contributed by atoms with Gasteiger partial charge in [0, 0.05) is 10.6 Å². The van der Waals surface area contributed by atoms with Crippen molar-refractivity contribution in [1.29, 1.82) is 0 Å². The summed E-state index contributed by atoms with van der Waals surface area (Å²) in [4.78, 5) is 11.1. The maximum absolute atomic E-state index is 13.6. The molecule has 0 radical (unpaired) electrons. The van der Waals surface area contributed by atoms with Crippen LogP contribution in [0.5, 0.6) is 0 Å². The molecule has 0 amide bonds. The first-order valence-electron chi connectivity index (χ1n) is 4.65. The van der Waals surface area contributed by atoms with E-state index in [-0.39, 0.29) is 6.42 Å². The summed E-state index contributed by atoms with van der Waals surface area (Å²) in [5.74, 6) is -0.867. The Bertz CT molecular complexity index is 377. The zero-order valence-electron chi connectivity index (χ0n) is 8.64. The third-order valence-corrected chi connectivity index (χ3v) is 2.45. The second-order valence-corrected chi connectivity index (χ2v) is 3.53. The van der Waals surface area contributed by atoms with Crippen LogP contribution in [0.15, 0.2) is 12.1 Å². The van der Waals surface area contributed by atoms with E-state index in [1.54, 1.807) is 19.9 Å². The zero-order valence-corrected chi connectivity index (χ0v) is 9.40. The molecule has 0 N–H and O–H groups in total. The fourth-order valence-corrected chi connectivity index (χ4v) is 1.37. The Morgan fingerprint density at radius 2 is 2.20 bits per heavy atom. The van der Waals surface area contributed by atoms with Crippen molar-refractivity contribution in [2.24, 2.45) is 0 Å². The molecule has 0 bridgehead atoms. The Kier molecular flexibility index (Phi) is 4.09. The van der Waals surface area contributed by atoms with Crippen LogP contribution in [0, 0.1) is 12.7 Å². The third-order valence-electron chi connectivity index (χ3n) is 2.04. The second-order valence-electron chi connectivity index (χ2n) is 3.13. The van der Waals surface area contributed by atoms with Crippen LogP contribution < -0.4 is 0 Å². The first-order valence-corrected chi connectivity index (χ1v) is 5.03. The molecule has 0 heterocycles. The molecule has 0 aromatic heterocycles. The highest BCUT2D eigenvalue weighted by Gasteiger charge is 2.12. The number of hydrogen-bond acceptors (Lipinski definition) is 2. The lowest BCUT2D eigenvalue weighted by atomic mass is 10.1. The van der Waals surface area contributed by atoms with Crippen molar-refractivity contribution in [2.45, 2.75) is 20.3 Å². The summed E-state index contributed by atoms with van der Waals surface area (Å²) in [5, 5.41) is 0.361. The van der Waals surface area contributed by atoms with E-state index in [1.165, 1.54) is 6.07 Å². The predicted octanol–water partition coefficient (Wildman–Crippen LogP) is 2.89. The minimum absolute atomic E-state index is 0.0579. The van der Waals surface area contributed by atoms with Crippen molar-refractivity contribution in [1.82, 2.24) is 0 Å². The van der Waals surface area contributed by atoms with Crippen LogP contribution in [0.1, 0.15) is 18.1 Å². The summed E-state index contributed by atoms with van der Waals surface area (Å²) in [6, 6.07) is 3.08. The molecule has 0 spiro atoms. The van der Waals surface area contributed by atoms with Crippen molar-refractivity contribution in [2.75, 3.05) is 6.61 Å². The monoisotopic (exact) mass is 230 g/mol. The van der Waals surface area contributed by atoms with Crippen LogP contribution in [0.2, 0.25) is 5.02 Å². The summed E-state index contributed by atoms with van der Waals surface area (Å²) in [7, 11) is 0. The van der Waals surface area contributed by atoms with Gasteiger partial charge in [0.1, 0.15) is 5.82 Å². The SMILES string of the molecule is CCOC(=O)Cc1ccc(Cl)c(C)c1F. The topological polar surface area (TPSA) is 26.3 Å². The summed E-state index contributed by atoms with van der Waals surface area (Å²) >= 11 is 5.73. The first kappa shape index (κ1) is 12.0. The van der Waals surface area contributed by atoms with Crippen LogP contribution in [-0.2, 0) is 16.0 Å². The molecule has 0 aliphatic rings. The van der Waals surface area contributed by atoms with E-state index in [0.717, 1.165) is 0 Å². The van der Waals surface area contributed by atoms with Gasteiger partial charge in [0.2, 0.25) is 0 Å². The standard InChI is InChI=1S/C11H12ClFO2/c1-3-15-10(14)6-8-4-5-9(12)7(2)11(8)13/h4-5H,3,6H2,1-2H3. The fraction of sp³-hybridized carbons (Fsp3) is 0.364. The van der Waals surface area contributed by atoms with Gasteiger partial charge in [-0.15, -0.1) is 0 Å². The molecule has 0 atom stereocenters. The highest BCUT2D eigenvalue weighted by Crippen LogP contribution is 2.21. The van der Waals surface area contributed by atoms with E-state index in [2.05, 4.69) is 0 Å². The average Bonchev–Trinajstić information content (AvgIpc) is 2.20. The molecule has 15 heavy (non-hydrogen) atoms. The quantitative estimate of drug-likeness (QED) is 0.747. The maximum atomic E-state index is 13.6. The Balaban J connectivity index is 2.87. The fourth-order valence-electron chi connectivity index (χ4n) is 1.22. The van der Waals surface area contributed by atoms with E-state index in [0.29, 0.717) is 22.8 Å². The van der Waals surface area contributed by atoms with E-state index >= 15 is 0 Å². The van der Waals surface area contributed by atoms with Gasteiger partial charge < -0.3 is 4.74 Å². The lowest BCUT2D eigenvalue weighted by Gasteiger charge is -2.06. The minimum Gasteiger partial charge on any atom is -0.466 e.